The molecule has 24 heavy (non-hydrogen) atoms. The Bertz CT molecular complexity index is 1010. The molecule has 0 radical (unpaired) electrons. The molecule has 0 unspecified atom stereocenters. The third-order valence-corrected chi connectivity index (χ3v) is 3.80. The highest BCUT2D eigenvalue weighted by Crippen LogP contribution is 2.16. The average Bonchev–Trinajstić information content (AvgIpc) is 2.67. The quantitative estimate of drug-likeness (QED) is 0.580. The van der Waals surface area contributed by atoms with Crippen LogP contribution in [0, 0.1) is 11.3 Å². The minimum absolute atomic E-state index is 0.572. The topological polar surface area (TPSA) is 75.6 Å². The minimum atomic E-state index is 0.572. The third-order valence-electron chi connectivity index (χ3n) is 3.80. The number of pyridine rings is 2. The van der Waals surface area contributed by atoms with Gasteiger partial charge in [0.15, 0.2) is 0 Å². The average molecular weight is 312 g/mol. The number of nitrogens with zero attached hydrogens (tertiary/aromatic N) is 3. The van der Waals surface area contributed by atoms with Gasteiger partial charge in [-0.3, -0.25) is 9.97 Å². The number of rotatable bonds is 1. The smallest absolute Gasteiger partial charge is 0.0998 e. The second-order valence-corrected chi connectivity index (χ2v) is 5.23. The molecule has 0 aliphatic carbocycles. The van der Waals surface area contributed by atoms with Crippen molar-refractivity contribution in [2.45, 2.75) is 6.54 Å². The summed E-state index contributed by atoms with van der Waals surface area (Å²) in [5.74, 6) is 0. The first-order chi connectivity index (χ1) is 11.8. The van der Waals surface area contributed by atoms with E-state index in [0.29, 0.717) is 12.1 Å². The maximum atomic E-state index is 8.76. The molecule has 0 atom stereocenters. The summed E-state index contributed by atoms with van der Waals surface area (Å²) < 4.78 is 0. The van der Waals surface area contributed by atoms with Crippen molar-refractivity contribution >= 4 is 21.5 Å². The molecule has 2 N–H and O–H groups in total. The Morgan fingerprint density at radius 3 is 2.12 bits per heavy atom. The fourth-order valence-electron chi connectivity index (χ4n) is 2.57. The Kier molecular flexibility index (Phi) is 4.76. The summed E-state index contributed by atoms with van der Waals surface area (Å²) in [6.07, 6.45) is 7.09. The molecule has 0 saturated heterocycles. The van der Waals surface area contributed by atoms with E-state index in [1.165, 1.54) is 5.39 Å². The normalized spacial score (nSPS) is 10.0. The van der Waals surface area contributed by atoms with Gasteiger partial charge in [-0.15, -0.1) is 0 Å². The highest BCUT2D eigenvalue weighted by Gasteiger charge is 1.97. The van der Waals surface area contributed by atoms with Gasteiger partial charge < -0.3 is 5.73 Å². The van der Waals surface area contributed by atoms with Crippen molar-refractivity contribution in [3.8, 4) is 6.07 Å². The van der Waals surface area contributed by atoms with Gasteiger partial charge in [0.1, 0.15) is 0 Å². The summed E-state index contributed by atoms with van der Waals surface area (Å²) in [7, 11) is 0. The van der Waals surface area contributed by atoms with E-state index in [1.807, 2.05) is 42.6 Å². The molecule has 2 heterocycles. The second kappa shape index (κ2) is 7.32. The number of aromatic nitrogens is 2. The molecule has 0 aliphatic heterocycles. The van der Waals surface area contributed by atoms with Crippen molar-refractivity contribution in [3.05, 3.63) is 84.4 Å². The van der Waals surface area contributed by atoms with Crippen LogP contribution in [0.15, 0.2) is 73.3 Å². The molecule has 0 fully saturated rings. The highest BCUT2D eigenvalue weighted by atomic mass is 14.6. The van der Waals surface area contributed by atoms with Crippen LogP contribution in [0.1, 0.15) is 11.1 Å². The lowest BCUT2D eigenvalue weighted by molar-refractivity contribution is 1.08. The monoisotopic (exact) mass is 312 g/mol. The van der Waals surface area contributed by atoms with Gasteiger partial charge in [0.2, 0.25) is 0 Å². The Balaban J connectivity index is 0.000000141. The van der Waals surface area contributed by atoms with E-state index in [-0.39, 0.29) is 0 Å². The number of nitrogens with two attached hydrogens (primary N) is 1. The zero-order chi connectivity index (χ0) is 16.8. The molecule has 0 amide bonds. The largest absolute Gasteiger partial charge is 0.326 e. The Hall–Kier alpha value is -3.29. The van der Waals surface area contributed by atoms with Crippen LogP contribution in [0.3, 0.4) is 0 Å². The molecular weight excluding hydrogens is 296 g/mol. The molecule has 0 aliphatic rings. The van der Waals surface area contributed by atoms with Gasteiger partial charge in [-0.25, -0.2) is 0 Å². The van der Waals surface area contributed by atoms with E-state index >= 15 is 0 Å². The summed E-state index contributed by atoms with van der Waals surface area (Å²) in [6, 6.07) is 17.8. The lowest BCUT2D eigenvalue weighted by atomic mass is 10.1. The lowest BCUT2D eigenvalue weighted by Crippen LogP contribution is -1.96. The molecule has 2 aromatic carbocycles. The lowest BCUT2D eigenvalue weighted by Gasteiger charge is -2.01. The molecule has 4 nitrogen and oxygen atoms in total. The Morgan fingerprint density at radius 1 is 0.833 bits per heavy atom. The van der Waals surface area contributed by atoms with Gasteiger partial charge in [-0.05, 0) is 34.5 Å². The van der Waals surface area contributed by atoms with Crippen LogP contribution in [0.25, 0.3) is 21.5 Å². The maximum Gasteiger partial charge on any atom is 0.0998 e. The van der Waals surface area contributed by atoms with Crippen molar-refractivity contribution in [2.75, 3.05) is 0 Å². The van der Waals surface area contributed by atoms with Gasteiger partial charge in [-0.1, -0.05) is 30.3 Å². The molecule has 0 saturated carbocycles. The van der Waals surface area contributed by atoms with Gasteiger partial charge in [0.05, 0.1) is 11.6 Å². The van der Waals surface area contributed by atoms with Crippen molar-refractivity contribution < 1.29 is 0 Å². The number of fused-ring (bicyclic) bond motifs is 2. The molecule has 2 aromatic heterocycles. The van der Waals surface area contributed by atoms with Crippen molar-refractivity contribution in [3.63, 3.8) is 0 Å². The zero-order valence-corrected chi connectivity index (χ0v) is 13.1. The molecule has 4 rings (SSSR count). The summed E-state index contributed by atoms with van der Waals surface area (Å²) in [5, 5.41) is 13.1. The van der Waals surface area contributed by atoms with Crippen LogP contribution >= 0.6 is 0 Å². The molecule has 0 spiro atoms. The summed E-state index contributed by atoms with van der Waals surface area (Å²) in [5.41, 5.74) is 7.42. The van der Waals surface area contributed by atoms with Crippen LogP contribution < -0.4 is 5.73 Å². The fourth-order valence-corrected chi connectivity index (χ4v) is 2.57. The highest BCUT2D eigenvalue weighted by molar-refractivity contribution is 5.86. The first-order valence-corrected chi connectivity index (χ1v) is 7.58. The van der Waals surface area contributed by atoms with Crippen molar-refractivity contribution in [1.29, 1.82) is 5.26 Å². The number of hydrogen-bond acceptors (Lipinski definition) is 4. The summed E-state index contributed by atoms with van der Waals surface area (Å²) in [6.45, 7) is 0.572. The van der Waals surface area contributed by atoms with Crippen molar-refractivity contribution in [2.24, 2.45) is 5.73 Å². The predicted molar refractivity (Wildman–Crippen MR) is 96.1 cm³/mol. The molecule has 4 heteroatoms. The van der Waals surface area contributed by atoms with Gasteiger partial charge in [0.25, 0.3) is 0 Å². The SMILES string of the molecule is N#Cc1cccc2ccncc12.NCc1cccc2ccncc12. The van der Waals surface area contributed by atoms with Crippen LogP contribution in [0.2, 0.25) is 0 Å². The number of benzene rings is 2. The van der Waals surface area contributed by atoms with Gasteiger partial charge in [0, 0.05) is 42.1 Å². The van der Waals surface area contributed by atoms with E-state index in [0.717, 1.165) is 21.7 Å². The van der Waals surface area contributed by atoms with E-state index < -0.39 is 0 Å². The van der Waals surface area contributed by atoms with Crippen LogP contribution in [0.4, 0.5) is 0 Å². The maximum absolute atomic E-state index is 8.76. The Morgan fingerprint density at radius 2 is 1.46 bits per heavy atom. The third kappa shape index (κ3) is 3.22. The van der Waals surface area contributed by atoms with Crippen molar-refractivity contribution in [1.82, 2.24) is 9.97 Å². The first-order valence-electron chi connectivity index (χ1n) is 7.58. The fraction of sp³-hybridized carbons (Fsp3) is 0.0500. The first kappa shape index (κ1) is 15.6. The summed E-state index contributed by atoms with van der Waals surface area (Å²) >= 11 is 0. The standard InChI is InChI=1S/C10H10N2.C10H6N2/c2*11-6-9-3-1-2-8-4-5-12-7-10(8)9/h1-5,7H,6,11H2;1-5,7H. The van der Waals surface area contributed by atoms with E-state index in [4.69, 9.17) is 11.0 Å². The number of nitriles is 1. The van der Waals surface area contributed by atoms with E-state index in [1.54, 1.807) is 24.7 Å². The zero-order valence-electron chi connectivity index (χ0n) is 13.1. The Labute approximate surface area is 140 Å². The van der Waals surface area contributed by atoms with E-state index in [9.17, 15) is 0 Å². The van der Waals surface area contributed by atoms with Crippen LogP contribution in [0.5, 0.6) is 0 Å². The molecule has 116 valence electrons. The summed E-state index contributed by atoms with van der Waals surface area (Å²) in [4.78, 5) is 8.04. The second-order valence-electron chi connectivity index (χ2n) is 5.23. The molecule has 4 aromatic rings. The van der Waals surface area contributed by atoms with Gasteiger partial charge >= 0.3 is 0 Å². The molecule has 0 bridgehead atoms. The van der Waals surface area contributed by atoms with Crippen LogP contribution in [-0.2, 0) is 6.54 Å². The number of hydrogen-bond donors (Lipinski definition) is 1. The van der Waals surface area contributed by atoms with Gasteiger partial charge in [-0.2, -0.15) is 5.26 Å². The molecular formula is C20H16N4. The van der Waals surface area contributed by atoms with E-state index in [2.05, 4.69) is 22.1 Å². The van der Waals surface area contributed by atoms with Crippen LogP contribution in [-0.4, -0.2) is 9.97 Å². The predicted octanol–water partition coefficient (Wildman–Crippen LogP) is 3.80. The minimum Gasteiger partial charge on any atom is -0.326 e.